The van der Waals surface area contributed by atoms with E-state index >= 15 is 0 Å². The van der Waals surface area contributed by atoms with Crippen molar-refractivity contribution in [2.75, 3.05) is 31.1 Å². The Labute approximate surface area is 148 Å². The number of halogens is 1. The molecule has 2 heterocycles. The highest BCUT2D eigenvalue weighted by Gasteiger charge is 2.26. The number of anilines is 1. The van der Waals surface area contributed by atoms with Crippen LogP contribution in [0.3, 0.4) is 0 Å². The molecule has 1 aromatic heterocycles. The van der Waals surface area contributed by atoms with E-state index in [2.05, 4.69) is 14.8 Å². The highest BCUT2D eigenvalue weighted by Crippen LogP contribution is 2.29. The van der Waals surface area contributed by atoms with Crippen LogP contribution in [-0.2, 0) is 0 Å². The van der Waals surface area contributed by atoms with E-state index in [1.807, 2.05) is 12.3 Å². The molecular weight excluding hydrogens is 317 g/mol. The first kappa shape index (κ1) is 16.3. The van der Waals surface area contributed by atoms with Gasteiger partial charge in [0.15, 0.2) is 11.6 Å². The minimum atomic E-state index is -0.362. The highest BCUT2D eigenvalue weighted by atomic mass is 19.1. The molecular formula is C20H24FN3O. The zero-order chi connectivity index (χ0) is 17.1. The number of hydrogen-bond donors (Lipinski definition) is 0. The Kier molecular flexibility index (Phi) is 4.83. The van der Waals surface area contributed by atoms with E-state index < -0.39 is 0 Å². The van der Waals surface area contributed by atoms with Crippen molar-refractivity contribution in [1.29, 1.82) is 0 Å². The van der Waals surface area contributed by atoms with Crippen LogP contribution in [0.4, 0.5) is 10.1 Å². The van der Waals surface area contributed by atoms with E-state index in [9.17, 15) is 4.39 Å². The Morgan fingerprint density at radius 3 is 2.68 bits per heavy atom. The molecule has 0 unspecified atom stereocenters. The maximum atomic E-state index is 13.8. The number of benzene rings is 1. The van der Waals surface area contributed by atoms with Crippen molar-refractivity contribution in [3.8, 4) is 11.5 Å². The highest BCUT2D eigenvalue weighted by molar-refractivity contribution is 5.49. The minimum absolute atomic E-state index is 0.230. The van der Waals surface area contributed by atoms with Crippen LogP contribution in [-0.4, -0.2) is 42.1 Å². The monoisotopic (exact) mass is 341 g/mol. The van der Waals surface area contributed by atoms with Crippen molar-refractivity contribution in [3.63, 3.8) is 0 Å². The lowest BCUT2D eigenvalue weighted by Crippen LogP contribution is -2.42. The van der Waals surface area contributed by atoms with Crippen LogP contribution in [0.1, 0.15) is 25.7 Å². The summed E-state index contributed by atoms with van der Waals surface area (Å²) in [5.74, 6) is 0.440. The van der Waals surface area contributed by atoms with Gasteiger partial charge < -0.3 is 9.64 Å². The predicted octanol–water partition coefficient (Wildman–Crippen LogP) is 4.08. The number of ether oxygens (including phenoxy) is 1. The molecule has 0 N–H and O–H groups in total. The summed E-state index contributed by atoms with van der Waals surface area (Å²) in [5.41, 5.74) is 1.05. The quantitative estimate of drug-likeness (QED) is 0.838. The van der Waals surface area contributed by atoms with Crippen molar-refractivity contribution in [2.45, 2.75) is 31.7 Å². The maximum absolute atomic E-state index is 13.8. The molecule has 1 aromatic carbocycles. The second-order valence-corrected chi connectivity index (χ2v) is 6.87. The van der Waals surface area contributed by atoms with Gasteiger partial charge in [0.1, 0.15) is 5.75 Å². The van der Waals surface area contributed by atoms with Crippen molar-refractivity contribution in [3.05, 3.63) is 48.5 Å². The lowest BCUT2D eigenvalue weighted by Gasteiger charge is -2.36. The van der Waals surface area contributed by atoms with Crippen LogP contribution in [0.15, 0.2) is 42.7 Å². The summed E-state index contributed by atoms with van der Waals surface area (Å²) in [6, 6.07) is 9.20. The summed E-state index contributed by atoms with van der Waals surface area (Å²) >= 11 is 0. The van der Waals surface area contributed by atoms with Gasteiger partial charge in [-0.25, -0.2) is 4.39 Å². The third-order valence-electron chi connectivity index (χ3n) is 5.25. The summed E-state index contributed by atoms with van der Waals surface area (Å²) in [6.07, 6.45) is 8.75. The van der Waals surface area contributed by atoms with Crippen LogP contribution < -0.4 is 9.64 Å². The first-order valence-corrected chi connectivity index (χ1v) is 9.16. The van der Waals surface area contributed by atoms with E-state index in [4.69, 9.17) is 4.74 Å². The number of para-hydroxylation sites is 1. The van der Waals surface area contributed by atoms with Gasteiger partial charge in [-0.15, -0.1) is 0 Å². The summed E-state index contributed by atoms with van der Waals surface area (Å²) in [5, 5.41) is 0. The SMILES string of the molecule is Fc1ccccc1Oc1cncc(N2CCCN(C3CCC3)CC2)c1. The molecule has 0 spiro atoms. The maximum Gasteiger partial charge on any atom is 0.165 e. The van der Waals surface area contributed by atoms with Crippen LogP contribution in [0.25, 0.3) is 0 Å². The van der Waals surface area contributed by atoms with Gasteiger partial charge in [-0.3, -0.25) is 9.88 Å². The van der Waals surface area contributed by atoms with Crippen LogP contribution in [0.2, 0.25) is 0 Å². The summed E-state index contributed by atoms with van der Waals surface area (Å²) in [7, 11) is 0. The molecule has 2 fully saturated rings. The van der Waals surface area contributed by atoms with E-state index in [-0.39, 0.29) is 11.6 Å². The number of hydrogen-bond acceptors (Lipinski definition) is 4. The van der Waals surface area contributed by atoms with Crippen molar-refractivity contribution in [2.24, 2.45) is 0 Å². The molecule has 25 heavy (non-hydrogen) atoms. The molecule has 2 aliphatic rings. The van der Waals surface area contributed by atoms with Crippen molar-refractivity contribution >= 4 is 5.69 Å². The van der Waals surface area contributed by atoms with Gasteiger partial charge in [0.05, 0.1) is 18.1 Å². The van der Waals surface area contributed by atoms with E-state index in [0.717, 1.165) is 37.8 Å². The molecule has 4 nitrogen and oxygen atoms in total. The first-order valence-electron chi connectivity index (χ1n) is 9.16. The molecule has 0 radical (unpaired) electrons. The Bertz CT molecular complexity index is 720. The standard InChI is InChI=1S/C20H24FN3O/c21-19-7-1-2-8-20(19)25-18-13-17(14-22-15-18)24-10-4-9-23(11-12-24)16-5-3-6-16/h1-2,7-8,13-16H,3-6,9-12H2. The molecule has 1 aliphatic carbocycles. The smallest absolute Gasteiger partial charge is 0.165 e. The summed E-state index contributed by atoms with van der Waals surface area (Å²) < 4.78 is 19.5. The lowest BCUT2D eigenvalue weighted by atomic mass is 9.91. The molecule has 1 aliphatic heterocycles. The van der Waals surface area contributed by atoms with E-state index in [1.165, 1.54) is 31.9 Å². The van der Waals surface area contributed by atoms with Gasteiger partial charge in [0, 0.05) is 38.3 Å². The molecule has 0 atom stereocenters. The van der Waals surface area contributed by atoms with Gasteiger partial charge >= 0.3 is 0 Å². The van der Waals surface area contributed by atoms with Crippen molar-refractivity contribution in [1.82, 2.24) is 9.88 Å². The summed E-state index contributed by atoms with van der Waals surface area (Å²) in [6.45, 7) is 4.30. The molecule has 1 saturated carbocycles. The normalized spacial score (nSPS) is 19.3. The van der Waals surface area contributed by atoms with Crippen molar-refractivity contribution < 1.29 is 9.13 Å². The van der Waals surface area contributed by atoms with Gasteiger partial charge in [-0.1, -0.05) is 18.6 Å². The average Bonchev–Trinajstić information content (AvgIpc) is 2.82. The molecule has 0 bridgehead atoms. The molecule has 1 saturated heterocycles. The number of nitrogens with zero attached hydrogens (tertiary/aromatic N) is 3. The third kappa shape index (κ3) is 3.76. The second kappa shape index (κ2) is 7.40. The van der Waals surface area contributed by atoms with E-state index in [0.29, 0.717) is 5.75 Å². The Hall–Kier alpha value is -2.14. The van der Waals surface area contributed by atoms with Crippen LogP contribution in [0, 0.1) is 5.82 Å². The molecule has 4 rings (SSSR count). The largest absolute Gasteiger partial charge is 0.453 e. The van der Waals surface area contributed by atoms with E-state index in [1.54, 1.807) is 24.4 Å². The molecule has 132 valence electrons. The van der Waals surface area contributed by atoms with Gasteiger partial charge in [0.2, 0.25) is 0 Å². The lowest BCUT2D eigenvalue weighted by molar-refractivity contribution is 0.136. The fraction of sp³-hybridized carbons (Fsp3) is 0.450. The Morgan fingerprint density at radius 2 is 1.88 bits per heavy atom. The zero-order valence-electron chi connectivity index (χ0n) is 14.4. The fourth-order valence-corrected chi connectivity index (χ4v) is 3.60. The Balaban J connectivity index is 1.44. The minimum Gasteiger partial charge on any atom is -0.453 e. The molecule has 5 heteroatoms. The zero-order valence-corrected chi connectivity index (χ0v) is 14.4. The second-order valence-electron chi connectivity index (χ2n) is 6.87. The average molecular weight is 341 g/mol. The summed E-state index contributed by atoms with van der Waals surface area (Å²) in [4.78, 5) is 9.29. The topological polar surface area (TPSA) is 28.6 Å². The number of pyridine rings is 1. The van der Waals surface area contributed by atoms with Gasteiger partial charge in [0.25, 0.3) is 0 Å². The first-order chi connectivity index (χ1) is 12.3. The predicted molar refractivity (Wildman–Crippen MR) is 96.8 cm³/mol. The Morgan fingerprint density at radius 1 is 1.00 bits per heavy atom. The van der Waals surface area contributed by atoms with Gasteiger partial charge in [-0.05, 0) is 31.4 Å². The molecule has 2 aromatic rings. The number of aromatic nitrogens is 1. The molecule has 0 amide bonds. The number of rotatable bonds is 4. The van der Waals surface area contributed by atoms with Gasteiger partial charge in [-0.2, -0.15) is 0 Å². The van der Waals surface area contributed by atoms with Crippen LogP contribution >= 0.6 is 0 Å². The van der Waals surface area contributed by atoms with Crippen LogP contribution in [0.5, 0.6) is 11.5 Å². The third-order valence-corrected chi connectivity index (χ3v) is 5.25. The fourth-order valence-electron chi connectivity index (χ4n) is 3.60.